The quantitative estimate of drug-likeness (QED) is 0.854. The minimum absolute atomic E-state index is 0.0413. The van der Waals surface area contributed by atoms with E-state index in [0.717, 1.165) is 22.3 Å². The van der Waals surface area contributed by atoms with Gasteiger partial charge in [-0.15, -0.1) is 0 Å². The minimum atomic E-state index is -3.31. The van der Waals surface area contributed by atoms with E-state index in [-0.39, 0.29) is 5.75 Å². The molecule has 2 rings (SSSR count). The fraction of sp³-hybridized carbons (Fsp3) is 0.286. The molecule has 0 radical (unpaired) electrons. The standard InChI is InChI=1S/C14H17NO2S/c1-11-8-12(2)14(13(3)9-11)10-18(16,17)15-6-4-5-7-15/h4-9H,10H2,1-3H3. The van der Waals surface area contributed by atoms with Crippen molar-refractivity contribution in [2.75, 3.05) is 0 Å². The lowest BCUT2D eigenvalue weighted by molar-refractivity contribution is 0.586. The van der Waals surface area contributed by atoms with Crippen molar-refractivity contribution in [3.8, 4) is 0 Å². The summed E-state index contributed by atoms with van der Waals surface area (Å²) in [4.78, 5) is 0. The van der Waals surface area contributed by atoms with Gasteiger partial charge in [-0.2, -0.15) is 0 Å². The number of rotatable bonds is 3. The zero-order chi connectivity index (χ0) is 13.3. The number of aromatic nitrogens is 1. The third-order valence-corrected chi connectivity index (χ3v) is 4.60. The zero-order valence-corrected chi connectivity index (χ0v) is 11.7. The lowest BCUT2D eigenvalue weighted by Gasteiger charge is -2.12. The molecule has 0 bridgehead atoms. The molecule has 0 N–H and O–H groups in total. The van der Waals surface area contributed by atoms with Gasteiger partial charge in [-0.1, -0.05) is 17.7 Å². The van der Waals surface area contributed by atoms with Crippen molar-refractivity contribution in [1.82, 2.24) is 3.97 Å². The molecule has 0 saturated carbocycles. The van der Waals surface area contributed by atoms with E-state index >= 15 is 0 Å². The van der Waals surface area contributed by atoms with Crippen LogP contribution in [0.3, 0.4) is 0 Å². The van der Waals surface area contributed by atoms with Gasteiger partial charge in [-0.3, -0.25) is 3.97 Å². The van der Waals surface area contributed by atoms with E-state index in [4.69, 9.17) is 0 Å². The van der Waals surface area contributed by atoms with Crippen LogP contribution >= 0.6 is 0 Å². The molecule has 0 aliphatic heterocycles. The summed E-state index contributed by atoms with van der Waals surface area (Å²) in [6.07, 6.45) is 3.13. The first kappa shape index (κ1) is 12.9. The molecule has 4 heteroatoms. The first-order valence-corrected chi connectivity index (χ1v) is 7.44. The molecule has 0 spiro atoms. The lowest BCUT2D eigenvalue weighted by atomic mass is 10.0. The molecule has 0 aliphatic rings. The molecular weight excluding hydrogens is 246 g/mol. The summed E-state index contributed by atoms with van der Waals surface area (Å²) in [6.45, 7) is 5.94. The fourth-order valence-corrected chi connectivity index (χ4v) is 3.68. The van der Waals surface area contributed by atoms with E-state index in [0.29, 0.717) is 0 Å². The van der Waals surface area contributed by atoms with E-state index in [1.54, 1.807) is 24.5 Å². The Balaban J connectivity index is 2.42. The molecule has 2 aromatic rings. The van der Waals surface area contributed by atoms with Crippen LogP contribution in [0.1, 0.15) is 22.3 Å². The summed E-state index contributed by atoms with van der Waals surface area (Å²) in [5.74, 6) is 0.0413. The van der Waals surface area contributed by atoms with E-state index in [9.17, 15) is 8.42 Å². The Bertz CT molecular complexity index is 632. The highest BCUT2D eigenvalue weighted by Gasteiger charge is 2.16. The molecule has 3 nitrogen and oxygen atoms in total. The lowest BCUT2D eigenvalue weighted by Crippen LogP contribution is -2.14. The van der Waals surface area contributed by atoms with Crippen LogP contribution in [0, 0.1) is 20.8 Å². The molecule has 0 atom stereocenters. The van der Waals surface area contributed by atoms with Crippen LogP contribution in [0.15, 0.2) is 36.7 Å². The molecule has 0 unspecified atom stereocenters. The van der Waals surface area contributed by atoms with Crippen LogP contribution in [-0.2, 0) is 15.8 Å². The Labute approximate surface area is 108 Å². The predicted molar refractivity (Wildman–Crippen MR) is 73.1 cm³/mol. The Kier molecular flexibility index (Phi) is 3.30. The van der Waals surface area contributed by atoms with Crippen LogP contribution in [0.25, 0.3) is 0 Å². The van der Waals surface area contributed by atoms with Gasteiger partial charge in [0.25, 0.3) is 0 Å². The number of hydrogen-bond acceptors (Lipinski definition) is 2. The number of aryl methyl sites for hydroxylation is 3. The summed E-state index contributed by atoms with van der Waals surface area (Å²) in [5, 5.41) is 0. The third-order valence-electron chi connectivity index (χ3n) is 3.07. The third kappa shape index (κ3) is 2.48. The second kappa shape index (κ2) is 4.61. The van der Waals surface area contributed by atoms with Gasteiger partial charge in [0.1, 0.15) is 0 Å². The van der Waals surface area contributed by atoms with Crippen LogP contribution < -0.4 is 0 Å². The average Bonchev–Trinajstić information content (AvgIpc) is 2.77. The second-order valence-electron chi connectivity index (χ2n) is 4.65. The molecule has 0 aliphatic carbocycles. The van der Waals surface area contributed by atoms with Crippen LogP contribution in [0.4, 0.5) is 0 Å². The summed E-state index contributed by atoms with van der Waals surface area (Å²) >= 11 is 0. The molecule has 0 amide bonds. The highest BCUT2D eigenvalue weighted by atomic mass is 32.2. The highest BCUT2D eigenvalue weighted by molar-refractivity contribution is 7.89. The van der Waals surface area contributed by atoms with Gasteiger partial charge in [0.15, 0.2) is 0 Å². The Morgan fingerprint density at radius 2 is 1.50 bits per heavy atom. The predicted octanol–water partition coefficient (Wildman–Crippen LogP) is 2.79. The molecule has 1 aromatic carbocycles. The highest BCUT2D eigenvalue weighted by Crippen LogP contribution is 2.20. The molecule has 0 saturated heterocycles. The first-order valence-electron chi connectivity index (χ1n) is 5.83. The summed E-state index contributed by atoms with van der Waals surface area (Å²) < 4.78 is 25.7. The Hall–Kier alpha value is -1.55. The molecule has 1 aromatic heterocycles. The smallest absolute Gasteiger partial charge is 0.242 e. The zero-order valence-electron chi connectivity index (χ0n) is 10.8. The van der Waals surface area contributed by atoms with Crippen LogP contribution in [0.2, 0.25) is 0 Å². The van der Waals surface area contributed by atoms with Gasteiger partial charge in [0, 0.05) is 12.4 Å². The normalized spacial score (nSPS) is 11.7. The van der Waals surface area contributed by atoms with Crippen molar-refractivity contribution in [3.05, 3.63) is 58.9 Å². The van der Waals surface area contributed by atoms with Gasteiger partial charge in [-0.05, 0) is 49.6 Å². The van der Waals surface area contributed by atoms with Gasteiger partial charge < -0.3 is 0 Å². The molecule has 1 heterocycles. The van der Waals surface area contributed by atoms with Crippen molar-refractivity contribution >= 4 is 10.0 Å². The van der Waals surface area contributed by atoms with Crippen LogP contribution in [-0.4, -0.2) is 12.4 Å². The van der Waals surface area contributed by atoms with Gasteiger partial charge in [0.05, 0.1) is 5.75 Å². The van der Waals surface area contributed by atoms with Crippen molar-refractivity contribution in [1.29, 1.82) is 0 Å². The maximum Gasteiger partial charge on any atom is 0.242 e. The van der Waals surface area contributed by atoms with Gasteiger partial charge in [-0.25, -0.2) is 8.42 Å². The number of benzene rings is 1. The maximum absolute atomic E-state index is 12.2. The Morgan fingerprint density at radius 3 is 2.00 bits per heavy atom. The van der Waals surface area contributed by atoms with E-state index in [2.05, 4.69) is 0 Å². The summed E-state index contributed by atoms with van der Waals surface area (Å²) in [7, 11) is -3.31. The van der Waals surface area contributed by atoms with Crippen molar-refractivity contribution in [2.24, 2.45) is 0 Å². The summed E-state index contributed by atoms with van der Waals surface area (Å²) in [5.41, 5.74) is 4.12. The Morgan fingerprint density at radius 1 is 1.00 bits per heavy atom. The topological polar surface area (TPSA) is 39.1 Å². The van der Waals surface area contributed by atoms with Gasteiger partial charge in [0.2, 0.25) is 10.0 Å². The van der Waals surface area contributed by atoms with E-state index in [1.807, 2.05) is 32.9 Å². The average molecular weight is 263 g/mol. The maximum atomic E-state index is 12.2. The monoisotopic (exact) mass is 263 g/mol. The van der Waals surface area contributed by atoms with E-state index in [1.165, 1.54) is 3.97 Å². The minimum Gasteiger partial charge on any atom is -0.253 e. The molecule has 18 heavy (non-hydrogen) atoms. The van der Waals surface area contributed by atoms with Crippen molar-refractivity contribution in [2.45, 2.75) is 26.5 Å². The van der Waals surface area contributed by atoms with Crippen molar-refractivity contribution < 1.29 is 8.42 Å². The number of hydrogen-bond donors (Lipinski definition) is 0. The first-order chi connectivity index (χ1) is 8.40. The second-order valence-corrected chi connectivity index (χ2v) is 6.52. The molecular formula is C14H17NO2S. The number of nitrogens with zero attached hydrogens (tertiary/aromatic N) is 1. The fourth-order valence-electron chi connectivity index (χ4n) is 2.20. The van der Waals surface area contributed by atoms with Crippen molar-refractivity contribution in [3.63, 3.8) is 0 Å². The van der Waals surface area contributed by atoms with Crippen LogP contribution in [0.5, 0.6) is 0 Å². The largest absolute Gasteiger partial charge is 0.253 e. The van der Waals surface area contributed by atoms with Gasteiger partial charge >= 0.3 is 0 Å². The summed E-state index contributed by atoms with van der Waals surface area (Å²) in [6, 6.07) is 7.47. The molecule has 0 fully saturated rings. The van der Waals surface area contributed by atoms with E-state index < -0.39 is 10.0 Å². The SMILES string of the molecule is Cc1cc(C)c(CS(=O)(=O)n2cccc2)c(C)c1. The molecule has 96 valence electrons.